The fraction of sp³-hybridized carbons (Fsp3) is 0.407. The Morgan fingerprint density at radius 2 is 1.86 bits per heavy atom. The number of aromatic amines is 1. The van der Waals surface area contributed by atoms with Crippen molar-refractivity contribution in [2.45, 2.75) is 52.6 Å². The van der Waals surface area contributed by atoms with Crippen molar-refractivity contribution in [3.63, 3.8) is 0 Å². The third-order valence-corrected chi connectivity index (χ3v) is 6.92. The number of hydrogen-bond donors (Lipinski definition) is 1. The Kier molecular flexibility index (Phi) is 7.46. The maximum Gasteiger partial charge on any atom is 0.400 e. The first-order chi connectivity index (χ1) is 17.3. The van der Waals surface area contributed by atoms with Crippen LogP contribution in [-0.2, 0) is 11.2 Å². The number of hydrogen-bond acceptors (Lipinski definition) is 5. The van der Waals surface area contributed by atoms with Gasteiger partial charge in [0.1, 0.15) is 22.8 Å². The van der Waals surface area contributed by atoms with Crippen LogP contribution in [0.3, 0.4) is 0 Å². The summed E-state index contributed by atoms with van der Waals surface area (Å²) in [6.07, 6.45) is -2.48. The highest BCUT2D eigenvalue weighted by atomic mass is 35.5. The van der Waals surface area contributed by atoms with Gasteiger partial charge in [-0.25, -0.2) is 9.78 Å². The van der Waals surface area contributed by atoms with Crippen molar-refractivity contribution in [2.75, 3.05) is 6.61 Å². The molecule has 0 aliphatic heterocycles. The third-order valence-electron chi connectivity index (χ3n) is 6.59. The minimum absolute atomic E-state index is 0.0756. The number of carbonyl (C=O) groups is 1. The number of aryl methyl sites for hydroxylation is 2. The number of rotatable bonds is 9. The smallest absolute Gasteiger partial charge is 0.400 e. The lowest BCUT2D eigenvalue weighted by molar-refractivity contribution is -0.210. The molecule has 0 amide bonds. The Balaban J connectivity index is 1.57. The predicted octanol–water partition coefficient (Wildman–Crippen LogP) is 6.34. The Morgan fingerprint density at radius 1 is 1.14 bits per heavy atom. The molecule has 0 bridgehead atoms. The van der Waals surface area contributed by atoms with E-state index in [1.54, 1.807) is 24.3 Å². The van der Waals surface area contributed by atoms with Crippen LogP contribution in [0.5, 0.6) is 5.75 Å². The van der Waals surface area contributed by atoms with E-state index in [2.05, 4.69) is 15.0 Å². The molecule has 1 saturated carbocycles. The lowest BCUT2D eigenvalue weighted by Gasteiger charge is -2.26. The zero-order chi connectivity index (χ0) is 27.0. The quantitative estimate of drug-likeness (QED) is 0.347. The number of nitrogens with zero attached hydrogens (tertiary/aromatic N) is 2. The Bertz CT molecular complexity index is 1380. The molecular formula is C27H27ClF3N3O3. The molecule has 0 atom stereocenters. The summed E-state index contributed by atoms with van der Waals surface area (Å²) in [6, 6.07) is 10.2. The zero-order valence-corrected chi connectivity index (χ0v) is 21.5. The van der Waals surface area contributed by atoms with Crippen LogP contribution < -0.4 is 10.4 Å². The van der Waals surface area contributed by atoms with Crippen LogP contribution in [0.4, 0.5) is 13.2 Å². The number of nitrogens with one attached hydrogen (secondary N) is 1. The molecule has 1 N–H and O–H groups in total. The lowest BCUT2D eigenvalue weighted by Crippen LogP contribution is -2.39. The molecule has 196 valence electrons. The normalized spacial score (nSPS) is 14.0. The van der Waals surface area contributed by atoms with Gasteiger partial charge in [-0.1, -0.05) is 17.7 Å². The molecule has 37 heavy (non-hydrogen) atoms. The van der Waals surface area contributed by atoms with Crippen LogP contribution >= 0.6 is 11.6 Å². The molecule has 0 radical (unpaired) electrons. The van der Waals surface area contributed by atoms with E-state index in [9.17, 15) is 22.8 Å². The van der Waals surface area contributed by atoms with Crippen molar-refractivity contribution in [2.24, 2.45) is 11.3 Å². The highest BCUT2D eigenvalue weighted by molar-refractivity contribution is 6.33. The monoisotopic (exact) mass is 533 g/mol. The van der Waals surface area contributed by atoms with E-state index in [0.717, 1.165) is 25.2 Å². The third kappa shape index (κ3) is 6.21. The zero-order valence-electron chi connectivity index (χ0n) is 20.7. The van der Waals surface area contributed by atoms with E-state index in [-0.39, 0.29) is 29.5 Å². The van der Waals surface area contributed by atoms with Crippen molar-refractivity contribution in [1.82, 2.24) is 15.0 Å². The fourth-order valence-electron chi connectivity index (χ4n) is 3.72. The summed E-state index contributed by atoms with van der Waals surface area (Å²) in [6.45, 7) is 4.34. The van der Waals surface area contributed by atoms with Crippen LogP contribution in [-0.4, -0.2) is 33.5 Å². The van der Waals surface area contributed by atoms with Crippen molar-refractivity contribution < 1.29 is 22.7 Å². The molecule has 1 aliphatic carbocycles. The van der Waals surface area contributed by atoms with Gasteiger partial charge in [-0.05, 0) is 87.4 Å². The van der Waals surface area contributed by atoms with Gasteiger partial charge < -0.3 is 4.74 Å². The second-order valence-corrected chi connectivity index (χ2v) is 10.3. The minimum atomic E-state index is -4.63. The van der Waals surface area contributed by atoms with Gasteiger partial charge in [-0.3, -0.25) is 9.78 Å². The number of aromatic nitrogens is 3. The minimum Gasteiger partial charge on any atom is -0.493 e. The molecule has 0 saturated heterocycles. The van der Waals surface area contributed by atoms with Crippen molar-refractivity contribution in [3.8, 4) is 28.5 Å². The number of H-pyrrole nitrogens is 1. The van der Waals surface area contributed by atoms with Gasteiger partial charge in [0.05, 0.1) is 11.6 Å². The highest BCUT2D eigenvalue weighted by Crippen LogP contribution is 2.39. The summed E-state index contributed by atoms with van der Waals surface area (Å²) < 4.78 is 45.4. The van der Waals surface area contributed by atoms with Crippen LogP contribution in [0.15, 0.2) is 41.2 Å². The van der Waals surface area contributed by atoms with Gasteiger partial charge in [0.25, 0.3) is 0 Å². The first-order valence-corrected chi connectivity index (χ1v) is 12.3. The van der Waals surface area contributed by atoms with Crippen molar-refractivity contribution >= 4 is 17.4 Å². The van der Waals surface area contributed by atoms with Gasteiger partial charge >= 0.3 is 11.9 Å². The van der Waals surface area contributed by atoms with E-state index >= 15 is 0 Å². The van der Waals surface area contributed by atoms with E-state index in [1.165, 1.54) is 12.8 Å². The first kappa shape index (κ1) is 26.9. The Hall–Kier alpha value is -3.20. The van der Waals surface area contributed by atoms with E-state index in [0.29, 0.717) is 29.2 Å². The molecule has 4 rings (SSSR count). The highest BCUT2D eigenvalue weighted by Gasteiger charge is 2.51. The Labute approximate surface area is 217 Å². The molecule has 3 aromatic rings. The molecule has 6 nitrogen and oxygen atoms in total. The number of ether oxygens (including phenoxy) is 1. The van der Waals surface area contributed by atoms with Crippen molar-refractivity contribution in [1.29, 1.82) is 0 Å². The molecule has 1 aliphatic rings. The number of alkyl halides is 3. The van der Waals surface area contributed by atoms with Crippen LogP contribution in [0.2, 0.25) is 5.02 Å². The van der Waals surface area contributed by atoms with Crippen molar-refractivity contribution in [3.05, 3.63) is 63.0 Å². The molecule has 0 unspecified atom stereocenters. The largest absolute Gasteiger partial charge is 0.493 e. The van der Waals surface area contributed by atoms with Crippen LogP contribution in [0, 0.1) is 18.3 Å². The van der Waals surface area contributed by atoms with Crippen LogP contribution in [0.1, 0.15) is 44.2 Å². The summed E-state index contributed by atoms with van der Waals surface area (Å²) in [5.41, 5.74) is -0.601. The summed E-state index contributed by atoms with van der Waals surface area (Å²) in [7, 11) is 0. The number of halogens is 4. The van der Waals surface area contributed by atoms with E-state index < -0.39 is 23.1 Å². The molecule has 1 heterocycles. The predicted molar refractivity (Wildman–Crippen MR) is 135 cm³/mol. The van der Waals surface area contributed by atoms with E-state index in [1.807, 2.05) is 19.1 Å². The second-order valence-electron chi connectivity index (χ2n) is 9.92. The molecule has 2 aromatic carbocycles. The number of benzene rings is 2. The van der Waals surface area contributed by atoms with Gasteiger partial charge in [-0.15, -0.1) is 0 Å². The lowest BCUT2D eigenvalue weighted by atomic mass is 9.84. The SMILES string of the molecule is Cc1cc(-c2nc(-c3cc(CCC(=O)C(C)(C)C(F)(F)F)ccc3Cl)[nH]c(=O)n2)ccc1OCC1CC1. The number of ketones is 1. The Morgan fingerprint density at radius 3 is 2.51 bits per heavy atom. The van der Waals surface area contributed by atoms with E-state index in [4.69, 9.17) is 16.3 Å². The van der Waals surface area contributed by atoms with Gasteiger partial charge in [0.2, 0.25) is 0 Å². The first-order valence-electron chi connectivity index (χ1n) is 12.0. The average Bonchev–Trinajstić information content (AvgIpc) is 3.66. The van der Waals surface area contributed by atoms with Crippen LogP contribution in [0.25, 0.3) is 22.8 Å². The summed E-state index contributed by atoms with van der Waals surface area (Å²) in [5, 5.41) is 0.283. The topological polar surface area (TPSA) is 84.9 Å². The summed E-state index contributed by atoms with van der Waals surface area (Å²) >= 11 is 6.37. The average molecular weight is 534 g/mol. The summed E-state index contributed by atoms with van der Waals surface area (Å²) in [5.74, 6) is 0.830. The van der Waals surface area contributed by atoms with Gasteiger partial charge in [0.15, 0.2) is 5.82 Å². The molecule has 1 aromatic heterocycles. The number of Topliss-reactive ketones (excluding diaryl/α,β-unsaturated/α-hetero) is 1. The number of carbonyl (C=O) groups excluding carboxylic acids is 1. The van der Waals surface area contributed by atoms with Gasteiger partial charge in [0, 0.05) is 17.5 Å². The maximum absolute atomic E-state index is 13.2. The summed E-state index contributed by atoms with van der Waals surface area (Å²) in [4.78, 5) is 35.7. The standard InChI is InChI=1S/C27H27ClF3N3O3/c1-15-12-18(8-10-21(15)37-14-17-4-5-17)23-32-24(34-25(36)33-23)19-13-16(6-9-20(19)28)7-11-22(35)26(2,3)27(29,30)31/h6,8-10,12-13,17H,4-5,7,11,14H2,1-3H3,(H,32,33,34,36). The fourth-order valence-corrected chi connectivity index (χ4v) is 3.93. The maximum atomic E-state index is 13.2. The second kappa shape index (κ2) is 10.3. The molecular weight excluding hydrogens is 507 g/mol. The van der Waals surface area contributed by atoms with Gasteiger partial charge in [-0.2, -0.15) is 18.2 Å². The molecule has 1 fully saturated rings. The molecule has 10 heteroatoms. The molecule has 0 spiro atoms.